The van der Waals surface area contributed by atoms with Gasteiger partial charge in [-0.05, 0) is 52.3 Å². The molecule has 2 aromatic rings. The Hall–Kier alpha value is -2.65. The Kier molecular flexibility index (Phi) is 6.71. The topological polar surface area (TPSA) is 93.0 Å². The fraction of sp³-hybridized carbons (Fsp3) is 0.263. The van der Waals surface area contributed by atoms with Crippen molar-refractivity contribution in [3.05, 3.63) is 67.6 Å². The summed E-state index contributed by atoms with van der Waals surface area (Å²) in [7, 11) is 0. The van der Waals surface area contributed by atoms with Crippen molar-refractivity contribution in [1.29, 1.82) is 0 Å². The second kappa shape index (κ2) is 9.23. The lowest BCUT2D eigenvalue weighted by Gasteiger charge is -2.34. The summed E-state index contributed by atoms with van der Waals surface area (Å²) in [5, 5.41) is 11.6. The summed E-state index contributed by atoms with van der Waals surface area (Å²) >= 11 is 8.92. The Morgan fingerprint density at radius 3 is 2.31 bits per heavy atom. The van der Waals surface area contributed by atoms with Crippen molar-refractivity contribution in [1.82, 2.24) is 9.80 Å². The quantitative estimate of drug-likeness (QED) is 0.481. The lowest BCUT2D eigenvalue weighted by molar-refractivity contribution is -0.385. The maximum Gasteiger partial charge on any atom is 0.284 e. The molecule has 0 atom stereocenters. The molecule has 0 aliphatic carbocycles. The first-order valence-corrected chi connectivity index (χ1v) is 9.91. The molecule has 1 aliphatic heterocycles. The highest BCUT2D eigenvalue weighted by Crippen LogP contribution is 2.26. The summed E-state index contributed by atoms with van der Waals surface area (Å²) in [6, 6.07) is 11.0. The number of halogens is 2. The van der Waals surface area contributed by atoms with Gasteiger partial charge >= 0.3 is 0 Å². The van der Waals surface area contributed by atoms with E-state index in [2.05, 4.69) is 15.9 Å². The zero-order valence-corrected chi connectivity index (χ0v) is 17.6. The second-order valence-corrected chi connectivity index (χ2v) is 7.63. The van der Waals surface area contributed by atoms with Crippen molar-refractivity contribution in [2.75, 3.05) is 32.8 Å². The van der Waals surface area contributed by atoms with E-state index < -0.39 is 4.92 Å². The Balaban J connectivity index is 1.53. The normalized spacial score (nSPS) is 13.9. The number of carbonyl (C=O) groups excluding carboxylic acids is 2. The van der Waals surface area contributed by atoms with Crippen molar-refractivity contribution in [2.24, 2.45) is 0 Å². The molecule has 10 heteroatoms. The third-order valence-electron chi connectivity index (χ3n) is 4.49. The predicted molar refractivity (Wildman–Crippen MR) is 110 cm³/mol. The van der Waals surface area contributed by atoms with E-state index in [9.17, 15) is 19.7 Å². The van der Waals surface area contributed by atoms with Gasteiger partial charge < -0.3 is 14.5 Å². The van der Waals surface area contributed by atoms with Crippen LogP contribution in [0.2, 0.25) is 5.02 Å². The van der Waals surface area contributed by atoms with E-state index >= 15 is 0 Å². The van der Waals surface area contributed by atoms with Crippen LogP contribution in [0.3, 0.4) is 0 Å². The number of hydrogen-bond donors (Lipinski definition) is 0. The van der Waals surface area contributed by atoms with E-state index in [1.165, 1.54) is 18.2 Å². The van der Waals surface area contributed by atoms with Gasteiger partial charge in [0, 0.05) is 42.8 Å². The average molecular weight is 483 g/mol. The summed E-state index contributed by atoms with van der Waals surface area (Å²) in [4.78, 5) is 38.7. The minimum Gasteiger partial charge on any atom is -0.484 e. The number of nitro groups is 1. The summed E-state index contributed by atoms with van der Waals surface area (Å²) in [6.45, 7) is 1.32. The van der Waals surface area contributed by atoms with Crippen LogP contribution in [0.5, 0.6) is 5.75 Å². The smallest absolute Gasteiger partial charge is 0.284 e. The van der Waals surface area contributed by atoms with Crippen molar-refractivity contribution in [3.63, 3.8) is 0 Å². The number of nitro benzene ring substituents is 1. The highest BCUT2D eigenvalue weighted by Gasteiger charge is 2.26. The fourth-order valence-corrected chi connectivity index (χ4v) is 3.41. The highest BCUT2D eigenvalue weighted by molar-refractivity contribution is 9.10. The molecule has 8 nitrogen and oxygen atoms in total. The molecule has 1 fully saturated rings. The minimum atomic E-state index is -0.543. The number of ether oxygens (including phenoxy) is 1. The third-order valence-corrected chi connectivity index (χ3v) is 5.41. The van der Waals surface area contributed by atoms with E-state index in [1.54, 1.807) is 34.1 Å². The van der Waals surface area contributed by atoms with Crippen LogP contribution in [-0.4, -0.2) is 59.3 Å². The van der Waals surface area contributed by atoms with Gasteiger partial charge in [0.05, 0.1) is 9.40 Å². The molecule has 1 heterocycles. The predicted octanol–water partition coefficient (Wildman–Crippen LogP) is 3.37. The second-order valence-electron chi connectivity index (χ2n) is 6.34. The first-order valence-electron chi connectivity index (χ1n) is 8.74. The van der Waals surface area contributed by atoms with Gasteiger partial charge in [-0.15, -0.1) is 0 Å². The van der Waals surface area contributed by atoms with Crippen LogP contribution < -0.4 is 4.74 Å². The van der Waals surface area contributed by atoms with E-state index in [4.69, 9.17) is 16.3 Å². The molecule has 0 spiro atoms. The standard InChI is InChI=1S/C19H17BrClN3O5/c20-16-6-1-13(11-17(16)24(27)28)19(26)23-9-7-22(8-10-23)18(25)12-29-15-4-2-14(21)3-5-15/h1-6,11H,7-10,12H2. The summed E-state index contributed by atoms with van der Waals surface area (Å²) in [5.74, 6) is 0.0739. The van der Waals surface area contributed by atoms with Crippen LogP contribution >= 0.6 is 27.5 Å². The average Bonchev–Trinajstić information content (AvgIpc) is 2.73. The van der Waals surface area contributed by atoms with Crippen LogP contribution in [0.15, 0.2) is 46.9 Å². The van der Waals surface area contributed by atoms with Gasteiger partial charge in [0.2, 0.25) is 0 Å². The van der Waals surface area contributed by atoms with Gasteiger partial charge in [0.1, 0.15) is 5.75 Å². The van der Waals surface area contributed by atoms with Crippen molar-refractivity contribution in [2.45, 2.75) is 0 Å². The van der Waals surface area contributed by atoms with Gasteiger partial charge in [0.15, 0.2) is 6.61 Å². The lowest BCUT2D eigenvalue weighted by atomic mass is 10.1. The van der Waals surface area contributed by atoms with Crippen LogP contribution in [-0.2, 0) is 4.79 Å². The first-order chi connectivity index (χ1) is 13.8. The molecule has 1 saturated heterocycles. The van der Waals surface area contributed by atoms with Crippen molar-refractivity contribution >= 4 is 45.0 Å². The third kappa shape index (κ3) is 5.24. The summed E-state index contributed by atoms with van der Waals surface area (Å²) in [5.41, 5.74) is 0.0785. The monoisotopic (exact) mass is 481 g/mol. The highest BCUT2D eigenvalue weighted by atomic mass is 79.9. The van der Waals surface area contributed by atoms with Gasteiger partial charge in [-0.3, -0.25) is 19.7 Å². The SMILES string of the molecule is O=C(COc1ccc(Cl)cc1)N1CCN(C(=O)c2ccc(Br)c([N+](=O)[O-])c2)CC1. The molecule has 3 rings (SSSR count). The molecule has 1 aliphatic rings. The van der Waals surface area contributed by atoms with Gasteiger partial charge in [-0.2, -0.15) is 0 Å². The van der Waals surface area contributed by atoms with Crippen molar-refractivity contribution < 1.29 is 19.2 Å². The molecule has 0 bridgehead atoms. The molecule has 0 saturated carbocycles. The van der Waals surface area contributed by atoms with Crippen molar-refractivity contribution in [3.8, 4) is 5.75 Å². The molecule has 0 N–H and O–H groups in total. The minimum absolute atomic E-state index is 0.103. The zero-order chi connectivity index (χ0) is 21.0. The molecule has 0 aromatic heterocycles. The van der Waals surface area contributed by atoms with E-state index in [0.717, 1.165) is 0 Å². The Morgan fingerprint density at radius 2 is 1.69 bits per heavy atom. The van der Waals surface area contributed by atoms with Gasteiger partial charge in [-0.25, -0.2) is 0 Å². The molecular weight excluding hydrogens is 466 g/mol. The Bertz CT molecular complexity index is 930. The molecule has 0 unspecified atom stereocenters. The number of piperazine rings is 1. The van der Waals surface area contributed by atoms with Crippen LogP contribution in [0.25, 0.3) is 0 Å². The van der Waals surface area contributed by atoms with Gasteiger partial charge in [-0.1, -0.05) is 11.6 Å². The van der Waals surface area contributed by atoms with Crippen LogP contribution in [0, 0.1) is 10.1 Å². The number of carbonyl (C=O) groups is 2. The molecule has 2 amide bonds. The number of amides is 2. The largest absolute Gasteiger partial charge is 0.484 e. The van der Waals surface area contributed by atoms with E-state index in [1.807, 2.05) is 0 Å². The fourth-order valence-electron chi connectivity index (χ4n) is 2.89. The molecule has 0 radical (unpaired) electrons. The number of nitrogens with zero attached hydrogens (tertiary/aromatic N) is 3. The van der Waals surface area contributed by atoms with E-state index in [0.29, 0.717) is 41.4 Å². The molecule has 29 heavy (non-hydrogen) atoms. The summed E-state index contributed by atoms with van der Waals surface area (Å²) in [6.07, 6.45) is 0. The Morgan fingerprint density at radius 1 is 1.07 bits per heavy atom. The Labute approximate surface area is 180 Å². The lowest BCUT2D eigenvalue weighted by Crippen LogP contribution is -2.51. The maximum atomic E-state index is 12.6. The molecular formula is C19H17BrClN3O5. The maximum absolute atomic E-state index is 12.6. The number of hydrogen-bond acceptors (Lipinski definition) is 5. The van der Waals surface area contributed by atoms with Crippen LogP contribution in [0.1, 0.15) is 10.4 Å². The van der Waals surface area contributed by atoms with Gasteiger partial charge in [0.25, 0.3) is 17.5 Å². The van der Waals surface area contributed by atoms with E-state index in [-0.39, 0.29) is 29.7 Å². The number of benzene rings is 2. The number of rotatable bonds is 5. The van der Waals surface area contributed by atoms with Crippen LogP contribution in [0.4, 0.5) is 5.69 Å². The zero-order valence-electron chi connectivity index (χ0n) is 15.2. The molecule has 152 valence electrons. The first kappa shape index (κ1) is 21.1. The molecule has 2 aromatic carbocycles. The summed E-state index contributed by atoms with van der Waals surface area (Å²) < 4.78 is 5.78.